The molecule has 1 aromatic heterocycles. The van der Waals surface area contributed by atoms with Crippen LogP contribution in [0.3, 0.4) is 0 Å². The Balaban J connectivity index is 1.73. The van der Waals surface area contributed by atoms with Crippen LogP contribution in [0.2, 0.25) is 0 Å². The lowest BCUT2D eigenvalue weighted by Gasteiger charge is -2.10. The summed E-state index contributed by atoms with van der Waals surface area (Å²) in [6.07, 6.45) is 0.620. The van der Waals surface area contributed by atoms with Crippen LogP contribution in [0.4, 0.5) is 0 Å². The molecule has 0 aliphatic heterocycles. The fourth-order valence-electron chi connectivity index (χ4n) is 2.96. The van der Waals surface area contributed by atoms with Crippen molar-refractivity contribution in [3.8, 4) is 12.0 Å². The maximum absolute atomic E-state index is 11.1. The number of carboxylic acids is 1. The van der Waals surface area contributed by atoms with Gasteiger partial charge in [-0.2, -0.15) is 0 Å². The van der Waals surface area contributed by atoms with Gasteiger partial charge in [0.15, 0.2) is 0 Å². The van der Waals surface area contributed by atoms with Crippen molar-refractivity contribution in [2.45, 2.75) is 52.9 Å². The fourth-order valence-corrected chi connectivity index (χ4v) is 2.96. The van der Waals surface area contributed by atoms with E-state index >= 15 is 0 Å². The summed E-state index contributed by atoms with van der Waals surface area (Å²) in [5.74, 6) is -0.916. The van der Waals surface area contributed by atoms with Crippen molar-refractivity contribution in [3.05, 3.63) is 70.8 Å². The van der Waals surface area contributed by atoms with Crippen molar-refractivity contribution < 1.29 is 19.4 Å². The molecule has 0 saturated carbocycles. The number of aromatic nitrogens is 3. The van der Waals surface area contributed by atoms with Crippen LogP contribution >= 0.6 is 0 Å². The zero-order chi connectivity index (χ0) is 21.7. The largest absolute Gasteiger partial charge is 0.478 e. The second-order valence-electron chi connectivity index (χ2n) is 7.67. The minimum Gasteiger partial charge on any atom is -0.478 e. The molecule has 0 bridgehead atoms. The van der Waals surface area contributed by atoms with Crippen LogP contribution in [0.25, 0.3) is 0 Å². The number of benzene rings is 2. The summed E-state index contributed by atoms with van der Waals surface area (Å²) in [6.45, 7) is 8.24. The molecule has 2 aromatic carbocycles. The quantitative estimate of drug-likeness (QED) is 0.570. The SMILES string of the molecule is CC(C)Oc1nc(OC(C)C)n(Cc2ccc(Cc3cccc(C(=O)O)c3)cc2)n1. The number of ether oxygens (including phenoxy) is 2. The van der Waals surface area contributed by atoms with Crippen LogP contribution in [0.15, 0.2) is 48.5 Å². The van der Waals surface area contributed by atoms with Crippen molar-refractivity contribution in [1.82, 2.24) is 14.8 Å². The van der Waals surface area contributed by atoms with Gasteiger partial charge < -0.3 is 14.6 Å². The smallest absolute Gasteiger partial charge is 0.339 e. The average Bonchev–Trinajstić information content (AvgIpc) is 3.02. The molecule has 0 saturated heterocycles. The summed E-state index contributed by atoms with van der Waals surface area (Å²) in [5, 5.41) is 13.6. The molecule has 0 atom stereocenters. The first-order chi connectivity index (χ1) is 14.3. The van der Waals surface area contributed by atoms with Crippen molar-refractivity contribution in [2.75, 3.05) is 0 Å². The molecule has 7 nitrogen and oxygen atoms in total. The van der Waals surface area contributed by atoms with E-state index in [1.54, 1.807) is 22.9 Å². The third-order valence-electron chi connectivity index (χ3n) is 4.24. The van der Waals surface area contributed by atoms with Gasteiger partial charge in [-0.1, -0.05) is 36.4 Å². The lowest BCUT2D eigenvalue weighted by Crippen LogP contribution is -2.12. The van der Waals surface area contributed by atoms with Crippen molar-refractivity contribution >= 4 is 5.97 Å². The standard InChI is InChI=1S/C23H27N3O4/c1-15(2)29-22-24-23(30-16(3)4)26(25-22)14-18-10-8-17(9-11-18)12-19-6-5-7-20(13-19)21(27)28/h5-11,13,15-16H,12,14H2,1-4H3,(H,27,28). The number of carboxylic acid groups (broad SMARTS) is 1. The topological polar surface area (TPSA) is 86.5 Å². The third-order valence-corrected chi connectivity index (χ3v) is 4.24. The second-order valence-corrected chi connectivity index (χ2v) is 7.67. The molecular weight excluding hydrogens is 382 g/mol. The third kappa shape index (κ3) is 5.83. The summed E-state index contributed by atoms with van der Waals surface area (Å²) in [7, 11) is 0. The Bertz CT molecular complexity index is 994. The van der Waals surface area contributed by atoms with Crippen LogP contribution in [0.5, 0.6) is 12.0 Å². The van der Waals surface area contributed by atoms with Crippen LogP contribution < -0.4 is 9.47 Å². The highest BCUT2D eigenvalue weighted by molar-refractivity contribution is 5.87. The molecule has 0 spiro atoms. The highest BCUT2D eigenvalue weighted by Crippen LogP contribution is 2.19. The van der Waals surface area contributed by atoms with Gasteiger partial charge in [-0.05, 0) is 62.9 Å². The number of hydrogen-bond acceptors (Lipinski definition) is 5. The zero-order valence-electron chi connectivity index (χ0n) is 17.7. The molecule has 1 heterocycles. The lowest BCUT2D eigenvalue weighted by atomic mass is 10.0. The molecular formula is C23H27N3O4. The Labute approximate surface area is 176 Å². The maximum Gasteiger partial charge on any atom is 0.339 e. The molecule has 1 N–H and O–H groups in total. The molecule has 158 valence electrons. The molecule has 3 rings (SSSR count). The van der Waals surface area contributed by atoms with Gasteiger partial charge in [-0.25, -0.2) is 9.48 Å². The van der Waals surface area contributed by atoms with E-state index in [-0.39, 0.29) is 12.2 Å². The number of rotatable bonds is 9. The Morgan fingerprint density at radius 2 is 1.63 bits per heavy atom. The molecule has 0 radical (unpaired) electrons. The number of carbonyl (C=O) groups is 1. The molecule has 0 amide bonds. The summed E-state index contributed by atoms with van der Waals surface area (Å²) >= 11 is 0. The zero-order valence-corrected chi connectivity index (χ0v) is 17.7. The normalized spacial score (nSPS) is 11.1. The summed E-state index contributed by atoms with van der Waals surface area (Å²) in [4.78, 5) is 15.5. The highest BCUT2D eigenvalue weighted by Gasteiger charge is 2.15. The minimum absolute atomic E-state index is 0.0216. The predicted molar refractivity (Wildman–Crippen MR) is 113 cm³/mol. The molecule has 0 fully saturated rings. The van der Waals surface area contributed by atoms with Crippen molar-refractivity contribution in [2.24, 2.45) is 0 Å². The highest BCUT2D eigenvalue weighted by atomic mass is 16.5. The molecule has 0 aliphatic rings. The predicted octanol–water partition coefficient (Wildman–Crippen LogP) is 4.19. The van der Waals surface area contributed by atoms with Crippen LogP contribution in [0, 0.1) is 0 Å². The molecule has 30 heavy (non-hydrogen) atoms. The first kappa shape index (κ1) is 21.4. The van der Waals surface area contributed by atoms with Crippen LogP contribution in [0.1, 0.15) is 54.7 Å². The minimum atomic E-state index is -0.916. The monoisotopic (exact) mass is 409 g/mol. The van der Waals surface area contributed by atoms with E-state index < -0.39 is 5.97 Å². The maximum atomic E-state index is 11.1. The van der Waals surface area contributed by atoms with E-state index in [9.17, 15) is 4.79 Å². The van der Waals surface area contributed by atoms with Gasteiger partial charge in [0.1, 0.15) is 0 Å². The van der Waals surface area contributed by atoms with Gasteiger partial charge in [0.05, 0.1) is 24.3 Å². The lowest BCUT2D eigenvalue weighted by molar-refractivity contribution is 0.0696. The van der Waals surface area contributed by atoms with E-state index in [1.807, 2.05) is 58.0 Å². The summed E-state index contributed by atoms with van der Waals surface area (Å²) in [6, 6.07) is 15.9. The van der Waals surface area contributed by atoms with Gasteiger partial charge in [-0.15, -0.1) is 10.1 Å². The number of nitrogens with zero attached hydrogens (tertiary/aromatic N) is 3. The molecule has 7 heteroatoms. The fraction of sp³-hybridized carbons (Fsp3) is 0.348. The average molecular weight is 409 g/mol. The summed E-state index contributed by atoms with van der Waals surface area (Å²) in [5.41, 5.74) is 3.41. The van der Waals surface area contributed by atoms with Gasteiger partial charge in [-0.3, -0.25) is 0 Å². The van der Waals surface area contributed by atoms with E-state index in [0.29, 0.717) is 30.5 Å². The van der Waals surface area contributed by atoms with E-state index in [1.165, 1.54) is 0 Å². The van der Waals surface area contributed by atoms with Crippen molar-refractivity contribution in [1.29, 1.82) is 0 Å². The molecule has 3 aromatic rings. The Hall–Kier alpha value is -3.35. The van der Waals surface area contributed by atoms with Crippen LogP contribution in [-0.4, -0.2) is 38.0 Å². The Morgan fingerprint density at radius 3 is 2.27 bits per heavy atom. The summed E-state index contributed by atoms with van der Waals surface area (Å²) < 4.78 is 13.1. The van der Waals surface area contributed by atoms with E-state index in [0.717, 1.165) is 16.7 Å². The van der Waals surface area contributed by atoms with Crippen LogP contribution in [-0.2, 0) is 13.0 Å². The second kappa shape index (κ2) is 9.43. The van der Waals surface area contributed by atoms with Crippen molar-refractivity contribution in [3.63, 3.8) is 0 Å². The van der Waals surface area contributed by atoms with Gasteiger partial charge >= 0.3 is 18.0 Å². The van der Waals surface area contributed by atoms with E-state index in [2.05, 4.69) is 10.1 Å². The van der Waals surface area contributed by atoms with Gasteiger partial charge in [0.25, 0.3) is 0 Å². The molecule has 0 unspecified atom stereocenters. The first-order valence-electron chi connectivity index (χ1n) is 9.98. The van der Waals surface area contributed by atoms with Gasteiger partial charge in [0.2, 0.25) is 0 Å². The Kier molecular flexibility index (Phi) is 6.72. The number of aromatic carboxylic acids is 1. The van der Waals surface area contributed by atoms with E-state index in [4.69, 9.17) is 14.6 Å². The number of hydrogen-bond donors (Lipinski definition) is 1. The molecule has 0 aliphatic carbocycles. The Morgan fingerprint density at radius 1 is 0.967 bits per heavy atom. The van der Waals surface area contributed by atoms with Gasteiger partial charge in [0, 0.05) is 0 Å². The first-order valence-corrected chi connectivity index (χ1v) is 9.98.